The molecule has 1 N–H and O–H groups in total. The van der Waals surface area contributed by atoms with Crippen molar-refractivity contribution in [2.75, 3.05) is 5.32 Å². The van der Waals surface area contributed by atoms with Crippen LogP contribution in [0.2, 0.25) is 5.02 Å². The Morgan fingerprint density at radius 2 is 1.96 bits per heavy atom. The fourth-order valence-electron chi connectivity index (χ4n) is 2.28. The number of nitrogens with one attached hydrogen (secondary N) is 1. The molecule has 0 unspecified atom stereocenters. The molecule has 7 nitrogen and oxygen atoms in total. The van der Waals surface area contributed by atoms with Gasteiger partial charge in [-0.1, -0.05) is 29.8 Å². The Labute approximate surface area is 159 Å². The van der Waals surface area contributed by atoms with E-state index in [4.69, 9.17) is 16.3 Å². The van der Waals surface area contributed by atoms with E-state index in [1.54, 1.807) is 42.5 Å². The summed E-state index contributed by atoms with van der Waals surface area (Å²) in [4.78, 5) is 26.3. The number of hydrogen-bond acceptors (Lipinski definition) is 5. The summed E-state index contributed by atoms with van der Waals surface area (Å²) in [5.74, 6) is 0.486. The van der Waals surface area contributed by atoms with Crippen LogP contribution in [0.1, 0.15) is 15.9 Å². The van der Waals surface area contributed by atoms with Crippen molar-refractivity contribution in [3.8, 4) is 5.75 Å². The summed E-state index contributed by atoms with van der Waals surface area (Å²) in [5, 5.41) is 13.8. The van der Waals surface area contributed by atoms with Gasteiger partial charge >= 0.3 is 0 Å². The summed E-state index contributed by atoms with van der Waals surface area (Å²) < 4.78 is 5.67. The quantitative estimate of drug-likeness (QED) is 0.500. The van der Waals surface area contributed by atoms with E-state index >= 15 is 0 Å². The van der Waals surface area contributed by atoms with E-state index in [0.717, 1.165) is 11.8 Å². The normalized spacial score (nSPS) is 10.3. The minimum Gasteiger partial charge on any atom is -0.489 e. The summed E-state index contributed by atoms with van der Waals surface area (Å²) in [6, 6.07) is 16.6. The van der Waals surface area contributed by atoms with Crippen molar-refractivity contribution in [2.45, 2.75) is 6.61 Å². The van der Waals surface area contributed by atoms with Crippen molar-refractivity contribution in [1.29, 1.82) is 0 Å². The van der Waals surface area contributed by atoms with Crippen LogP contribution in [0.5, 0.6) is 5.75 Å². The highest BCUT2D eigenvalue weighted by Crippen LogP contribution is 2.19. The summed E-state index contributed by atoms with van der Waals surface area (Å²) in [5.41, 5.74) is 1.08. The maximum Gasteiger partial charge on any atom is 0.287 e. The maximum absolute atomic E-state index is 12.4. The number of carbonyl (C=O) groups excluding carboxylic acids is 1. The highest BCUT2D eigenvalue weighted by molar-refractivity contribution is 6.30. The van der Waals surface area contributed by atoms with Gasteiger partial charge in [-0.3, -0.25) is 14.9 Å². The van der Waals surface area contributed by atoms with Gasteiger partial charge in [0.05, 0.1) is 4.92 Å². The first-order chi connectivity index (χ1) is 13.0. The smallest absolute Gasteiger partial charge is 0.287 e. The van der Waals surface area contributed by atoms with E-state index in [1.165, 1.54) is 12.1 Å². The largest absolute Gasteiger partial charge is 0.489 e. The van der Waals surface area contributed by atoms with Gasteiger partial charge in [0, 0.05) is 16.7 Å². The Kier molecular flexibility index (Phi) is 5.63. The van der Waals surface area contributed by atoms with Crippen LogP contribution < -0.4 is 10.1 Å². The van der Waals surface area contributed by atoms with Gasteiger partial charge in [0.1, 0.15) is 24.4 Å². The fourth-order valence-corrected chi connectivity index (χ4v) is 2.46. The second-order valence-electron chi connectivity index (χ2n) is 5.56. The fraction of sp³-hybridized carbons (Fsp3) is 0.0526. The lowest BCUT2D eigenvalue weighted by molar-refractivity contribution is -0.385. The van der Waals surface area contributed by atoms with Gasteiger partial charge in [-0.05, 0) is 42.0 Å². The average Bonchev–Trinajstić information content (AvgIpc) is 2.67. The Balaban J connectivity index is 1.65. The molecule has 0 aliphatic carbocycles. The molecule has 0 aliphatic heterocycles. The predicted octanol–water partition coefficient (Wildman–Crippen LogP) is 4.47. The molecule has 1 amide bonds. The summed E-state index contributed by atoms with van der Waals surface area (Å²) in [6.45, 7) is 0.275. The molecule has 0 saturated heterocycles. The molecule has 0 aliphatic rings. The monoisotopic (exact) mass is 383 g/mol. The molecule has 2 aromatic carbocycles. The van der Waals surface area contributed by atoms with Gasteiger partial charge in [0.15, 0.2) is 0 Å². The van der Waals surface area contributed by atoms with Crippen LogP contribution in [0.3, 0.4) is 0 Å². The number of amides is 1. The molecular weight excluding hydrogens is 370 g/mol. The van der Waals surface area contributed by atoms with Gasteiger partial charge in [0.25, 0.3) is 11.6 Å². The maximum atomic E-state index is 12.4. The van der Waals surface area contributed by atoms with E-state index < -0.39 is 4.92 Å². The third-order valence-electron chi connectivity index (χ3n) is 3.59. The van der Waals surface area contributed by atoms with Crippen LogP contribution in [-0.2, 0) is 6.61 Å². The molecule has 27 heavy (non-hydrogen) atoms. The predicted molar refractivity (Wildman–Crippen MR) is 101 cm³/mol. The number of ether oxygens (including phenoxy) is 1. The second kappa shape index (κ2) is 8.29. The molecule has 0 saturated carbocycles. The lowest BCUT2D eigenvalue weighted by atomic mass is 10.1. The topological polar surface area (TPSA) is 94.4 Å². The number of aromatic nitrogens is 1. The molecule has 3 aromatic rings. The SMILES string of the molecule is O=C(Nc1ccc([N+](=O)[O-])cn1)c1cccc(COc2cccc(Cl)c2)c1. The van der Waals surface area contributed by atoms with Crippen molar-refractivity contribution < 1.29 is 14.5 Å². The summed E-state index contributed by atoms with van der Waals surface area (Å²) in [6.07, 6.45) is 1.09. The van der Waals surface area contributed by atoms with E-state index in [2.05, 4.69) is 10.3 Å². The lowest BCUT2D eigenvalue weighted by Gasteiger charge is -2.09. The molecular formula is C19H14ClN3O4. The van der Waals surface area contributed by atoms with Crippen molar-refractivity contribution in [3.05, 3.63) is 93.1 Å². The highest BCUT2D eigenvalue weighted by atomic mass is 35.5. The molecule has 1 aromatic heterocycles. The first-order valence-corrected chi connectivity index (χ1v) is 8.28. The number of rotatable bonds is 6. The van der Waals surface area contributed by atoms with Gasteiger partial charge < -0.3 is 10.1 Å². The van der Waals surface area contributed by atoms with Crippen LogP contribution >= 0.6 is 11.6 Å². The minimum atomic E-state index is -0.554. The number of nitrogens with zero attached hydrogens (tertiary/aromatic N) is 2. The molecule has 0 bridgehead atoms. The van der Waals surface area contributed by atoms with E-state index in [1.807, 2.05) is 6.07 Å². The Morgan fingerprint density at radius 1 is 1.15 bits per heavy atom. The van der Waals surface area contributed by atoms with Gasteiger partial charge in [-0.2, -0.15) is 0 Å². The van der Waals surface area contributed by atoms with Crippen LogP contribution in [0, 0.1) is 10.1 Å². The summed E-state index contributed by atoms with van der Waals surface area (Å²) in [7, 11) is 0. The third kappa shape index (κ3) is 5.02. The van der Waals surface area contributed by atoms with Gasteiger partial charge in [-0.25, -0.2) is 4.98 Å². The molecule has 8 heteroatoms. The van der Waals surface area contributed by atoms with Gasteiger partial charge in [0.2, 0.25) is 0 Å². The van der Waals surface area contributed by atoms with Crippen molar-refractivity contribution in [2.24, 2.45) is 0 Å². The Hall–Kier alpha value is -3.45. The van der Waals surface area contributed by atoms with Crippen LogP contribution in [0.25, 0.3) is 0 Å². The van der Waals surface area contributed by atoms with Gasteiger partial charge in [-0.15, -0.1) is 0 Å². The van der Waals surface area contributed by atoms with Crippen molar-refractivity contribution in [3.63, 3.8) is 0 Å². The molecule has 136 valence electrons. The number of nitro groups is 1. The first kappa shape index (κ1) is 18.3. The van der Waals surface area contributed by atoms with E-state index in [9.17, 15) is 14.9 Å². The minimum absolute atomic E-state index is 0.145. The Bertz CT molecular complexity index is 977. The Morgan fingerprint density at radius 3 is 2.67 bits per heavy atom. The average molecular weight is 384 g/mol. The molecule has 3 rings (SSSR count). The van der Waals surface area contributed by atoms with E-state index in [0.29, 0.717) is 16.3 Å². The zero-order chi connectivity index (χ0) is 19.2. The van der Waals surface area contributed by atoms with Crippen LogP contribution in [0.4, 0.5) is 11.5 Å². The van der Waals surface area contributed by atoms with Crippen LogP contribution in [-0.4, -0.2) is 15.8 Å². The molecule has 0 atom stereocenters. The number of carbonyl (C=O) groups is 1. The first-order valence-electron chi connectivity index (χ1n) is 7.90. The van der Waals surface area contributed by atoms with E-state index in [-0.39, 0.29) is 24.0 Å². The number of pyridine rings is 1. The number of halogens is 1. The zero-order valence-corrected chi connectivity index (χ0v) is 14.7. The third-order valence-corrected chi connectivity index (χ3v) is 3.83. The molecule has 0 fully saturated rings. The lowest BCUT2D eigenvalue weighted by Crippen LogP contribution is -2.13. The number of hydrogen-bond donors (Lipinski definition) is 1. The number of anilines is 1. The van der Waals surface area contributed by atoms with Crippen LogP contribution in [0.15, 0.2) is 66.9 Å². The molecule has 0 radical (unpaired) electrons. The standard InChI is InChI=1S/C19H14ClN3O4/c20-15-5-2-6-17(10-15)27-12-13-3-1-4-14(9-13)19(24)22-18-8-7-16(11-21-18)23(25)26/h1-11H,12H2,(H,21,22,24). The highest BCUT2D eigenvalue weighted by Gasteiger charge is 2.10. The second-order valence-corrected chi connectivity index (χ2v) is 6.00. The molecule has 0 spiro atoms. The zero-order valence-electron chi connectivity index (χ0n) is 14.0. The summed E-state index contributed by atoms with van der Waals surface area (Å²) >= 11 is 5.92. The molecule has 1 heterocycles. The number of benzene rings is 2. The van der Waals surface area contributed by atoms with Crippen molar-refractivity contribution in [1.82, 2.24) is 4.98 Å². The van der Waals surface area contributed by atoms with Crippen molar-refractivity contribution >= 4 is 29.0 Å².